The molecule has 0 spiro atoms. The molecular formula is C12H19N3O2S. The number of rotatable bonds is 3. The van der Waals surface area contributed by atoms with Gasteiger partial charge in [-0.25, -0.2) is 4.79 Å². The first kappa shape index (κ1) is 13.2. The summed E-state index contributed by atoms with van der Waals surface area (Å²) in [5.74, 6) is -0.320. The Morgan fingerprint density at radius 1 is 1.56 bits per heavy atom. The molecule has 2 heterocycles. The molecule has 0 aromatic carbocycles. The van der Waals surface area contributed by atoms with Gasteiger partial charge < -0.3 is 20.7 Å². The summed E-state index contributed by atoms with van der Waals surface area (Å²) in [6, 6.07) is 1.88. The van der Waals surface area contributed by atoms with Gasteiger partial charge in [-0.05, 0) is 26.0 Å². The molecule has 0 bridgehead atoms. The average Bonchev–Trinajstić information content (AvgIpc) is 2.58. The number of nitrogen functional groups attached to an aromatic ring is 1. The van der Waals surface area contributed by atoms with Gasteiger partial charge in [0.2, 0.25) is 0 Å². The lowest BCUT2D eigenvalue weighted by atomic mass is 10.3. The molecule has 0 atom stereocenters. The quantitative estimate of drug-likeness (QED) is 0.810. The molecule has 1 aromatic heterocycles. The molecule has 1 aliphatic heterocycles. The molecule has 0 radical (unpaired) electrons. The van der Waals surface area contributed by atoms with E-state index < -0.39 is 0 Å². The van der Waals surface area contributed by atoms with Crippen LogP contribution in [0.3, 0.4) is 0 Å². The van der Waals surface area contributed by atoms with E-state index in [1.54, 1.807) is 6.92 Å². The van der Waals surface area contributed by atoms with Crippen molar-refractivity contribution in [3.8, 4) is 0 Å². The van der Waals surface area contributed by atoms with Gasteiger partial charge in [-0.15, -0.1) is 11.3 Å². The summed E-state index contributed by atoms with van der Waals surface area (Å²) in [5.41, 5.74) is 6.40. The SMILES string of the molecule is CCOC(=O)c1sc(N2CCCNCC2)cc1N. The fraction of sp³-hybridized carbons (Fsp3) is 0.583. The van der Waals surface area contributed by atoms with Gasteiger partial charge in [0.05, 0.1) is 17.3 Å². The minimum Gasteiger partial charge on any atom is -0.462 e. The van der Waals surface area contributed by atoms with Crippen LogP contribution in [0, 0.1) is 0 Å². The molecule has 0 amide bonds. The van der Waals surface area contributed by atoms with E-state index in [4.69, 9.17) is 10.5 Å². The van der Waals surface area contributed by atoms with Crippen LogP contribution < -0.4 is 16.0 Å². The second-order valence-electron chi connectivity index (χ2n) is 4.18. The lowest BCUT2D eigenvalue weighted by molar-refractivity contribution is 0.0533. The zero-order valence-corrected chi connectivity index (χ0v) is 11.4. The van der Waals surface area contributed by atoms with E-state index in [1.807, 2.05) is 6.07 Å². The molecule has 100 valence electrons. The van der Waals surface area contributed by atoms with Crippen LogP contribution in [0.4, 0.5) is 10.7 Å². The lowest BCUT2D eigenvalue weighted by Crippen LogP contribution is -2.26. The van der Waals surface area contributed by atoms with E-state index in [1.165, 1.54) is 11.3 Å². The van der Waals surface area contributed by atoms with Gasteiger partial charge >= 0.3 is 5.97 Å². The molecule has 0 aliphatic carbocycles. The molecule has 1 fully saturated rings. The highest BCUT2D eigenvalue weighted by molar-refractivity contribution is 7.18. The molecule has 1 saturated heterocycles. The van der Waals surface area contributed by atoms with Crippen LogP contribution in [-0.4, -0.2) is 38.8 Å². The highest BCUT2D eigenvalue weighted by Crippen LogP contribution is 2.32. The summed E-state index contributed by atoms with van der Waals surface area (Å²) >= 11 is 1.42. The van der Waals surface area contributed by atoms with Crippen LogP contribution in [0.25, 0.3) is 0 Å². The summed E-state index contributed by atoms with van der Waals surface area (Å²) in [7, 11) is 0. The topological polar surface area (TPSA) is 67.6 Å². The van der Waals surface area contributed by atoms with E-state index in [0.29, 0.717) is 17.2 Å². The molecular weight excluding hydrogens is 250 g/mol. The van der Waals surface area contributed by atoms with Gasteiger partial charge in [-0.1, -0.05) is 0 Å². The Bertz CT molecular complexity index is 411. The number of anilines is 2. The van der Waals surface area contributed by atoms with Crippen molar-refractivity contribution in [2.45, 2.75) is 13.3 Å². The van der Waals surface area contributed by atoms with Crippen LogP contribution in [0.5, 0.6) is 0 Å². The largest absolute Gasteiger partial charge is 0.462 e. The first-order valence-corrected chi connectivity index (χ1v) is 7.06. The van der Waals surface area contributed by atoms with E-state index in [0.717, 1.165) is 37.6 Å². The number of carbonyl (C=O) groups is 1. The number of hydrogen-bond acceptors (Lipinski definition) is 6. The predicted molar refractivity (Wildman–Crippen MR) is 74.4 cm³/mol. The normalized spacial score (nSPS) is 16.4. The Morgan fingerprint density at radius 2 is 2.39 bits per heavy atom. The predicted octanol–water partition coefficient (Wildman–Crippen LogP) is 1.31. The molecule has 18 heavy (non-hydrogen) atoms. The first-order chi connectivity index (χ1) is 8.72. The molecule has 0 saturated carbocycles. The van der Waals surface area contributed by atoms with Crippen molar-refractivity contribution in [2.24, 2.45) is 0 Å². The van der Waals surface area contributed by atoms with Gasteiger partial charge in [0.1, 0.15) is 4.88 Å². The maximum Gasteiger partial charge on any atom is 0.350 e. The van der Waals surface area contributed by atoms with Crippen LogP contribution in [0.15, 0.2) is 6.07 Å². The van der Waals surface area contributed by atoms with Crippen LogP contribution >= 0.6 is 11.3 Å². The minimum atomic E-state index is -0.320. The van der Waals surface area contributed by atoms with Crippen molar-refractivity contribution in [3.63, 3.8) is 0 Å². The first-order valence-electron chi connectivity index (χ1n) is 6.24. The van der Waals surface area contributed by atoms with E-state index in [-0.39, 0.29) is 5.97 Å². The van der Waals surface area contributed by atoms with E-state index >= 15 is 0 Å². The summed E-state index contributed by atoms with van der Waals surface area (Å²) in [5, 5.41) is 4.41. The maximum atomic E-state index is 11.7. The summed E-state index contributed by atoms with van der Waals surface area (Å²) in [6.07, 6.45) is 1.10. The molecule has 5 nitrogen and oxygen atoms in total. The van der Waals surface area contributed by atoms with Gasteiger partial charge in [-0.2, -0.15) is 0 Å². The van der Waals surface area contributed by atoms with Crippen molar-refractivity contribution in [2.75, 3.05) is 43.4 Å². The number of esters is 1. The standard InChI is InChI=1S/C12H19N3O2S/c1-2-17-12(16)11-9(13)8-10(18-11)15-6-3-4-14-5-7-15/h8,14H,2-7,13H2,1H3. The van der Waals surface area contributed by atoms with Crippen LogP contribution in [0.2, 0.25) is 0 Å². The highest BCUT2D eigenvalue weighted by atomic mass is 32.1. The third-order valence-corrected chi connectivity index (χ3v) is 4.05. The number of carbonyl (C=O) groups excluding carboxylic acids is 1. The van der Waals surface area contributed by atoms with Crippen molar-refractivity contribution in [1.29, 1.82) is 0 Å². The molecule has 2 rings (SSSR count). The molecule has 0 unspecified atom stereocenters. The van der Waals surface area contributed by atoms with Crippen LogP contribution in [0.1, 0.15) is 23.0 Å². The Labute approximate surface area is 111 Å². The summed E-state index contributed by atoms with van der Waals surface area (Å²) in [4.78, 5) is 14.5. The van der Waals surface area contributed by atoms with Crippen molar-refractivity contribution in [3.05, 3.63) is 10.9 Å². The third kappa shape index (κ3) is 2.94. The van der Waals surface area contributed by atoms with Crippen LogP contribution in [-0.2, 0) is 4.74 Å². The van der Waals surface area contributed by atoms with E-state index in [9.17, 15) is 4.79 Å². The zero-order valence-electron chi connectivity index (χ0n) is 10.6. The minimum absolute atomic E-state index is 0.320. The Kier molecular flexibility index (Phi) is 4.43. The molecule has 3 N–H and O–H groups in total. The maximum absolute atomic E-state index is 11.7. The number of hydrogen-bond donors (Lipinski definition) is 2. The fourth-order valence-electron chi connectivity index (χ4n) is 1.97. The number of nitrogens with zero attached hydrogens (tertiary/aromatic N) is 1. The Morgan fingerprint density at radius 3 is 3.17 bits per heavy atom. The second-order valence-corrected chi connectivity index (χ2v) is 5.21. The number of nitrogens with two attached hydrogens (primary N) is 1. The monoisotopic (exact) mass is 269 g/mol. The van der Waals surface area contributed by atoms with Crippen molar-refractivity contribution < 1.29 is 9.53 Å². The highest BCUT2D eigenvalue weighted by Gasteiger charge is 2.19. The van der Waals surface area contributed by atoms with E-state index in [2.05, 4.69) is 10.2 Å². The van der Waals surface area contributed by atoms with Crippen molar-refractivity contribution in [1.82, 2.24) is 5.32 Å². The van der Waals surface area contributed by atoms with Crippen molar-refractivity contribution >= 4 is 28.0 Å². The molecule has 1 aromatic rings. The Balaban J connectivity index is 2.14. The molecule has 6 heteroatoms. The van der Waals surface area contributed by atoms with Gasteiger partial charge in [0, 0.05) is 19.6 Å². The van der Waals surface area contributed by atoms with Gasteiger partial charge in [0.15, 0.2) is 0 Å². The van der Waals surface area contributed by atoms with Gasteiger partial charge in [-0.3, -0.25) is 0 Å². The summed E-state index contributed by atoms with van der Waals surface area (Å²) in [6.45, 7) is 6.12. The number of nitrogens with one attached hydrogen (secondary N) is 1. The fourth-order valence-corrected chi connectivity index (χ4v) is 3.00. The number of ether oxygens (including phenoxy) is 1. The zero-order chi connectivity index (χ0) is 13.0. The third-order valence-electron chi connectivity index (χ3n) is 2.86. The molecule has 1 aliphatic rings. The average molecular weight is 269 g/mol. The second kappa shape index (κ2) is 6.06. The smallest absolute Gasteiger partial charge is 0.350 e. The number of thiophene rings is 1. The Hall–Kier alpha value is -1.27. The summed E-state index contributed by atoms with van der Waals surface area (Å²) < 4.78 is 4.99. The lowest BCUT2D eigenvalue weighted by Gasteiger charge is -2.19. The van der Waals surface area contributed by atoms with Gasteiger partial charge in [0.25, 0.3) is 0 Å².